The Morgan fingerprint density at radius 2 is 1.78 bits per heavy atom. The molecule has 0 fully saturated rings. The highest BCUT2D eigenvalue weighted by Gasteiger charge is 2.42. The highest BCUT2D eigenvalue weighted by atomic mass is 16.4. The number of amides is 2. The van der Waals surface area contributed by atoms with Crippen molar-refractivity contribution in [2.24, 2.45) is 0 Å². The van der Waals surface area contributed by atoms with Crippen LogP contribution in [-0.2, 0) is 4.79 Å². The summed E-state index contributed by atoms with van der Waals surface area (Å²) < 4.78 is 0. The van der Waals surface area contributed by atoms with E-state index in [2.05, 4.69) is 5.92 Å². The summed E-state index contributed by atoms with van der Waals surface area (Å²) in [6, 6.07) is 4.89. The molecule has 0 aromatic heterocycles. The molecule has 0 spiro atoms. The first-order valence-corrected chi connectivity index (χ1v) is 5.21. The Bertz CT molecular complexity index is 550. The maximum Gasteiger partial charge on any atom is 0.327 e. The summed E-state index contributed by atoms with van der Waals surface area (Å²) in [6.45, 7) is 0. The van der Waals surface area contributed by atoms with Gasteiger partial charge in [0.25, 0.3) is 11.8 Å². The minimum atomic E-state index is -1.32. The summed E-state index contributed by atoms with van der Waals surface area (Å²) in [6.07, 6.45) is 4.86. The van der Waals surface area contributed by atoms with Gasteiger partial charge in [-0.2, -0.15) is 0 Å². The Labute approximate surface area is 103 Å². The number of carboxylic acid groups (broad SMARTS) is 1. The maximum atomic E-state index is 12.0. The van der Waals surface area contributed by atoms with Crippen LogP contribution in [0.3, 0.4) is 0 Å². The van der Waals surface area contributed by atoms with E-state index in [0.717, 1.165) is 0 Å². The van der Waals surface area contributed by atoms with Crippen LogP contribution in [0.5, 0.6) is 0 Å². The van der Waals surface area contributed by atoms with Gasteiger partial charge in [-0.05, 0) is 12.1 Å². The Kier molecular flexibility index (Phi) is 2.86. The van der Waals surface area contributed by atoms with Gasteiger partial charge in [0, 0.05) is 6.42 Å². The largest absolute Gasteiger partial charge is 0.480 e. The third-order valence-electron chi connectivity index (χ3n) is 2.73. The number of hydrogen-bond acceptors (Lipinski definition) is 3. The molecule has 0 unspecified atom stereocenters. The van der Waals surface area contributed by atoms with Crippen molar-refractivity contribution in [2.75, 3.05) is 0 Å². The van der Waals surface area contributed by atoms with Crippen molar-refractivity contribution in [1.29, 1.82) is 0 Å². The highest BCUT2D eigenvalue weighted by molar-refractivity contribution is 6.22. The van der Waals surface area contributed by atoms with Gasteiger partial charge in [0.1, 0.15) is 6.04 Å². The summed E-state index contributed by atoms with van der Waals surface area (Å²) in [5, 5.41) is 9.04. The number of rotatable bonds is 3. The zero-order chi connectivity index (χ0) is 13.3. The molecule has 1 aliphatic heterocycles. The standard InChI is InChI=1S/C13H9NO4/c1-2-5-10(13(17)18)14-11(15)8-6-3-4-7-9(8)12(14)16/h1,3-4,6-7,10H,5H2,(H,17,18)/t10-/m1/s1. The van der Waals surface area contributed by atoms with E-state index in [0.29, 0.717) is 4.90 Å². The van der Waals surface area contributed by atoms with E-state index in [1.165, 1.54) is 12.1 Å². The molecule has 0 saturated carbocycles. The van der Waals surface area contributed by atoms with Gasteiger partial charge >= 0.3 is 5.97 Å². The minimum Gasteiger partial charge on any atom is -0.480 e. The second-order valence-electron chi connectivity index (χ2n) is 3.79. The lowest BCUT2D eigenvalue weighted by molar-refractivity contribution is -0.141. The van der Waals surface area contributed by atoms with Gasteiger partial charge in [0.05, 0.1) is 11.1 Å². The topological polar surface area (TPSA) is 74.7 Å². The van der Waals surface area contributed by atoms with Crippen LogP contribution < -0.4 is 0 Å². The molecule has 5 heteroatoms. The van der Waals surface area contributed by atoms with Crippen LogP contribution in [0.1, 0.15) is 27.1 Å². The molecule has 0 radical (unpaired) electrons. The fourth-order valence-corrected chi connectivity index (χ4v) is 1.89. The first-order chi connectivity index (χ1) is 8.57. The molecule has 1 aromatic rings. The van der Waals surface area contributed by atoms with Crippen LogP contribution in [0.4, 0.5) is 0 Å². The Morgan fingerprint density at radius 3 is 2.17 bits per heavy atom. The number of carbonyl (C=O) groups is 3. The number of fused-ring (bicyclic) bond motifs is 1. The van der Waals surface area contributed by atoms with Crippen LogP contribution in [0.15, 0.2) is 24.3 Å². The normalized spacial score (nSPS) is 15.2. The van der Waals surface area contributed by atoms with E-state index in [1.807, 2.05) is 0 Å². The summed E-state index contributed by atoms with van der Waals surface area (Å²) in [7, 11) is 0. The fourth-order valence-electron chi connectivity index (χ4n) is 1.89. The van der Waals surface area contributed by atoms with Crippen LogP contribution in [0, 0.1) is 12.3 Å². The quantitative estimate of drug-likeness (QED) is 0.628. The zero-order valence-electron chi connectivity index (χ0n) is 9.29. The van der Waals surface area contributed by atoms with Gasteiger partial charge in [-0.3, -0.25) is 14.5 Å². The van der Waals surface area contributed by atoms with Gasteiger partial charge in [-0.15, -0.1) is 12.3 Å². The number of aliphatic carboxylic acids is 1. The van der Waals surface area contributed by atoms with Gasteiger partial charge in [0.2, 0.25) is 0 Å². The predicted octanol–water partition coefficient (Wildman–Crippen LogP) is 0.759. The lowest BCUT2D eigenvalue weighted by Crippen LogP contribution is -2.44. The van der Waals surface area contributed by atoms with Crippen molar-refractivity contribution >= 4 is 17.8 Å². The second-order valence-corrected chi connectivity index (χ2v) is 3.79. The maximum absolute atomic E-state index is 12.0. The number of carboxylic acids is 1. The average molecular weight is 243 g/mol. The van der Waals surface area contributed by atoms with Crippen molar-refractivity contribution in [1.82, 2.24) is 4.90 Å². The van der Waals surface area contributed by atoms with E-state index >= 15 is 0 Å². The molecule has 90 valence electrons. The number of hydrogen-bond donors (Lipinski definition) is 1. The van der Waals surface area contributed by atoms with Gasteiger partial charge < -0.3 is 5.11 Å². The Balaban J connectivity index is 2.45. The van der Waals surface area contributed by atoms with E-state index in [9.17, 15) is 14.4 Å². The highest BCUT2D eigenvalue weighted by Crippen LogP contribution is 2.25. The van der Waals surface area contributed by atoms with Crippen molar-refractivity contribution in [3.63, 3.8) is 0 Å². The van der Waals surface area contributed by atoms with E-state index in [-0.39, 0.29) is 17.5 Å². The van der Waals surface area contributed by atoms with Crippen molar-refractivity contribution in [3.8, 4) is 12.3 Å². The molecule has 1 N–H and O–H groups in total. The molecule has 1 aromatic carbocycles. The lowest BCUT2D eigenvalue weighted by atomic mass is 10.1. The van der Waals surface area contributed by atoms with Crippen LogP contribution in [-0.4, -0.2) is 33.8 Å². The molecule has 18 heavy (non-hydrogen) atoms. The van der Waals surface area contributed by atoms with Gasteiger partial charge in [0.15, 0.2) is 0 Å². The lowest BCUT2D eigenvalue weighted by Gasteiger charge is -2.20. The summed E-state index contributed by atoms with van der Waals surface area (Å²) >= 11 is 0. The molecule has 0 bridgehead atoms. The molecular weight excluding hydrogens is 234 g/mol. The number of carbonyl (C=O) groups excluding carboxylic acids is 2. The van der Waals surface area contributed by atoms with E-state index < -0.39 is 23.8 Å². The molecule has 2 amide bonds. The average Bonchev–Trinajstić information content (AvgIpc) is 2.60. The number of terminal acetylenes is 1. The minimum absolute atomic E-state index is 0.208. The summed E-state index contributed by atoms with van der Waals surface area (Å²) in [5.41, 5.74) is 0.427. The van der Waals surface area contributed by atoms with Crippen LogP contribution in [0.2, 0.25) is 0 Å². The van der Waals surface area contributed by atoms with E-state index in [1.54, 1.807) is 12.1 Å². The molecule has 1 aliphatic rings. The molecule has 1 atom stereocenters. The monoisotopic (exact) mass is 243 g/mol. The molecule has 0 saturated heterocycles. The summed E-state index contributed by atoms with van der Waals surface area (Å²) in [4.78, 5) is 35.8. The zero-order valence-corrected chi connectivity index (χ0v) is 9.29. The Morgan fingerprint density at radius 1 is 1.28 bits per heavy atom. The predicted molar refractivity (Wildman–Crippen MR) is 61.8 cm³/mol. The molecular formula is C13H9NO4. The van der Waals surface area contributed by atoms with Crippen LogP contribution >= 0.6 is 0 Å². The van der Waals surface area contributed by atoms with Crippen molar-refractivity contribution in [2.45, 2.75) is 12.5 Å². The third-order valence-corrected chi connectivity index (χ3v) is 2.73. The molecule has 0 aliphatic carbocycles. The number of nitrogens with zero attached hydrogens (tertiary/aromatic N) is 1. The molecule has 2 rings (SSSR count). The van der Waals surface area contributed by atoms with Gasteiger partial charge in [-0.1, -0.05) is 12.1 Å². The fraction of sp³-hybridized carbons (Fsp3) is 0.154. The van der Waals surface area contributed by atoms with Crippen LogP contribution in [0.25, 0.3) is 0 Å². The number of imide groups is 1. The van der Waals surface area contributed by atoms with Gasteiger partial charge in [-0.25, -0.2) is 4.79 Å². The molecule has 5 nitrogen and oxygen atoms in total. The number of benzene rings is 1. The first-order valence-electron chi connectivity index (χ1n) is 5.21. The summed E-state index contributed by atoms with van der Waals surface area (Å²) in [5.74, 6) is -0.348. The van der Waals surface area contributed by atoms with Crippen molar-refractivity contribution in [3.05, 3.63) is 35.4 Å². The second kappa shape index (κ2) is 4.34. The van der Waals surface area contributed by atoms with Crippen molar-refractivity contribution < 1.29 is 19.5 Å². The molecule has 1 heterocycles. The Hall–Kier alpha value is -2.61. The third kappa shape index (κ3) is 1.64. The SMILES string of the molecule is C#CC[C@H](C(=O)O)N1C(=O)c2ccccc2C1=O. The smallest absolute Gasteiger partial charge is 0.327 e. The van der Waals surface area contributed by atoms with E-state index in [4.69, 9.17) is 11.5 Å². The first kappa shape index (κ1) is 11.9.